The van der Waals surface area contributed by atoms with Gasteiger partial charge in [0.05, 0.1) is 36.5 Å². The highest BCUT2D eigenvalue weighted by Crippen LogP contribution is 2.32. The van der Waals surface area contributed by atoms with Gasteiger partial charge in [-0.2, -0.15) is 10.1 Å². The van der Waals surface area contributed by atoms with Crippen LogP contribution in [0.4, 0.5) is 17.5 Å². The number of carboxylic acid groups (broad SMARTS) is 1. The predicted molar refractivity (Wildman–Crippen MR) is 122 cm³/mol. The van der Waals surface area contributed by atoms with Crippen molar-refractivity contribution in [2.75, 3.05) is 36.5 Å². The van der Waals surface area contributed by atoms with Gasteiger partial charge in [-0.1, -0.05) is 12.1 Å². The first-order chi connectivity index (χ1) is 16.2. The Kier molecular flexibility index (Phi) is 5.64. The number of benzene rings is 1. The van der Waals surface area contributed by atoms with Crippen molar-refractivity contribution in [1.29, 1.82) is 0 Å². The van der Waals surface area contributed by atoms with Crippen LogP contribution in [0.15, 0.2) is 67.3 Å². The molecule has 1 fully saturated rings. The predicted octanol–water partition coefficient (Wildman–Crippen LogP) is 3.00. The number of rotatable bonds is 6. The lowest BCUT2D eigenvalue weighted by atomic mass is 10.1. The van der Waals surface area contributed by atoms with Crippen molar-refractivity contribution in [2.24, 2.45) is 0 Å². The van der Waals surface area contributed by atoms with Crippen LogP contribution in [-0.2, 0) is 4.74 Å². The van der Waals surface area contributed by atoms with E-state index < -0.39 is 5.97 Å². The number of carbonyl (C=O) groups is 1. The molecule has 0 spiro atoms. The first-order valence-electron chi connectivity index (χ1n) is 10.4. The molecule has 3 aromatic heterocycles. The smallest absolute Gasteiger partial charge is 0.341 e. The normalized spacial score (nSPS) is 13.6. The average molecular weight is 443 g/mol. The molecular formula is C23H21N7O3. The molecule has 0 aliphatic carbocycles. The monoisotopic (exact) mass is 443 g/mol. The maximum absolute atomic E-state index is 12.4. The second-order valence-corrected chi connectivity index (χ2v) is 7.37. The minimum Gasteiger partial charge on any atom is -0.477 e. The van der Waals surface area contributed by atoms with Gasteiger partial charge in [0, 0.05) is 37.2 Å². The SMILES string of the molecule is O=C(O)c1c(Nc2cccnc2)nc(N2CCOCC2)nc1-c1cccc(-n2cccn2)c1. The molecule has 0 bridgehead atoms. The lowest BCUT2D eigenvalue weighted by molar-refractivity contribution is 0.0698. The molecule has 1 aliphatic heterocycles. The van der Waals surface area contributed by atoms with Crippen LogP contribution in [0.5, 0.6) is 0 Å². The van der Waals surface area contributed by atoms with Crippen LogP contribution in [-0.4, -0.2) is 62.1 Å². The Bertz CT molecular complexity index is 1260. The van der Waals surface area contributed by atoms with E-state index in [0.29, 0.717) is 49.2 Å². The fraction of sp³-hybridized carbons (Fsp3) is 0.174. The van der Waals surface area contributed by atoms with Gasteiger partial charge in [0.1, 0.15) is 5.56 Å². The van der Waals surface area contributed by atoms with Crippen LogP contribution in [0, 0.1) is 0 Å². The zero-order valence-corrected chi connectivity index (χ0v) is 17.6. The first kappa shape index (κ1) is 20.6. The summed E-state index contributed by atoms with van der Waals surface area (Å²) in [5, 5.41) is 17.5. The van der Waals surface area contributed by atoms with Crippen molar-refractivity contribution in [3.8, 4) is 16.9 Å². The van der Waals surface area contributed by atoms with Crippen LogP contribution >= 0.6 is 0 Å². The van der Waals surface area contributed by atoms with Gasteiger partial charge in [-0.15, -0.1) is 0 Å². The van der Waals surface area contributed by atoms with Crippen molar-refractivity contribution < 1.29 is 14.6 Å². The van der Waals surface area contributed by atoms with E-state index in [9.17, 15) is 9.90 Å². The van der Waals surface area contributed by atoms with Gasteiger partial charge in [-0.05, 0) is 30.3 Å². The zero-order valence-electron chi connectivity index (χ0n) is 17.6. The Balaban J connectivity index is 1.67. The van der Waals surface area contributed by atoms with Crippen LogP contribution in [0.25, 0.3) is 16.9 Å². The Morgan fingerprint density at radius 3 is 2.67 bits per heavy atom. The highest BCUT2D eigenvalue weighted by Gasteiger charge is 2.25. The molecule has 0 unspecified atom stereocenters. The Hall–Kier alpha value is -4.31. The van der Waals surface area contributed by atoms with E-state index >= 15 is 0 Å². The standard InChI is InChI=1S/C23H21N7O3/c31-22(32)19-20(16-4-1-6-18(14-16)30-9-3-8-25-30)27-23(29-10-12-33-13-11-29)28-21(19)26-17-5-2-7-24-15-17/h1-9,14-15H,10-13H2,(H,31,32)(H,26,27,28). The van der Waals surface area contributed by atoms with Crippen LogP contribution in [0.2, 0.25) is 0 Å². The number of nitrogens with zero attached hydrogens (tertiary/aromatic N) is 6. The molecule has 0 radical (unpaired) electrons. The van der Waals surface area contributed by atoms with Gasteiger partial charge in [0.2, 0.25) is 5.95 Å². The molecule has 1 saturated heterocycles. The van der Waals surface area contributed by atoms with Crippen LogP contribution in [0.1, 0.15) is 10.4 Å². The van der Waals surface area contributed by atoms with E-state index in [2.05, 4.69) is 20.4 Å². The molecule has 0 saturated carbocycles. The number of aromatic carboxylic acids is 1. The number of anilines is 3. The number of hydrogen-bond donors (Lipinski definition) is 2. The summed E-state index contributed by atoms with van der Waals surface area (Å²) in [6.07, 6.45) is 6.77. The summed E-state index contributed by atoms with van der Waals surface area (Å²) < 4.78 is 7.17. The summed E-state index contributed by atoms with van der Waals surface area (Å²) in [6, 6.07) is 12.8. The minimum atomic E-state index is -1.13. The molecule has 1 aromatic carbocycles. The minimum absolute atomic E-state index is 0.0199. The molecule has 2 N–H and O–H groups in total. The van der Waals surface area contributed by atoms with Gasteiger partial charge in [0.25, 0.3) is 0 Å². The van der Waals surface area contributed by atoms with Crippen LogP contribution < -0.4 is 10.2 Å². The molecule has 10 heteroatoms. The Morgan fingerprint density at radius 2 is 1.94 bits per heavy atom. The van der Waals surface area contributed by atoms with E-state index in [4.69, 9.17) is 9.72 Å². The number of morpholine rings is 1. The van der Waals surface area contributed by atoms with E-state index in [-0.39, 0.29) is 11.4 Å². The molecule has 1 aliphatic rings. The number of hydrogen-bond acceptors (Lipinski definition) is 8. The molecule has 0 atom stereocenters. The highest BCUT2D eigenvalue weighted by molar-refractivity contribution is 6.01. The fourth-order valence-corrected chi connectivity index (χ4v) is 3.65. The Morgan fingerprint density at radius 1 is 1.06 bits per heavy atom. The van der Waals surface area contributed by atoms with Gasteiger partial charge >= 0.3 is 5.97 Å². The van der Waals surface area contributed by atoms with E-state index in [0.717, 1.165) is 5.69 Å². The summed E-state index contributed by atoms with van der Waals surface area (Å²) in [5.74, 6) is -0.491. The van der Waals surface area contributed by atoms with Gasteiger partial charge in [-0.3, -0.25) is 4.98 Å². The molecule has 33 heavy (non-hydrogen) atoms. The molecule has 4 aromatic rings. The average Bonchev–Trinajstić information content (AvgIpc) is 3.40. The van der Waals surface area contributed by atoms with Gasteiger partial charge < -0.3 is 20.1 Å². The number of aromatic nitrogens is 5. The number of ether oxygens (including phenoxy) is 1. The molecule has 0 amide bonds. The topological polar surface area (TPSA) is 118 Å². The van der Waals surface area contributed by atoms with E-state index in [1.165, 1.54) is 0 Å². The van der Waals surface area contributed by atoms with Crippen molar-refractivity contribution in [1.82, 2.24) is 24.7 Å². The maximum atomic E-state index is 12.4. The highest BCUT2D eigenvalue weighted by atomic mass is 16.5. The van der Waals surface area contributed by atoms with Gasteiger partial charge in [-0.25, -0.2) is 14.5 Å². The lowest BCUT2D eigenvalue weighted by Gasteiger charge is -2.28. The zero-order chi connectivity index (χ0) is 22.6. The molecule has 10 nitrogen and oxygen atoms in total. The summed E-state index contributed by atoms with van der Waals surface area (Å²) in [7, 11) is 0. The van der Waals surface area contributed by atoms with Gasteiger partial charge in [0.15, 0.2) is 5.82 Å². The summed E-state index contributed by atoms with van der Waals surface area (Å²) >= 11 is 0. The maximum Gasteiger partial charge on any atom is 0.341 e. The van der Waals surface area contributed by atoms with Crippen molar-refractivity contribution in [2.45, 2.75) is 0 Å². The molecule has 166 valence electrons. The second-order valence-electron chi connectivity index (χ2n) is 7.37. The van der Waals surface area contributed by atoms with Crippen molar-refractivity contribution in [3.05, 3.63) is 72.8 Å². The first-order valence-corrected chi connectivity index (χ1v) is 10.4. The van der Waals surface area contributed by atoms with E-state index in [1.807, 2.05) is 41.4 Å². The third kappa shape index (κ3) is 4.37. The van der Waals surface area contributed by atoms with Crippen molar-refractivity contribution >= 4 is 23.4 Å². The van der Waals surface area contributed by atoms with E-state index in [1.54, 1.807) is 35.4 Å². The third-order valence-corrected chi connectivity index (χ3v) is 5.22. The Labute approximate surface area is 189 Å². The summed E-state index contributed by atoms with van der Waals surface area (Å²) in [5.41, 5.74) is 2.37. The number of carboxylic acids is 1. The lowest BCUT2D eigenvalue weighted by Crippen LogP contribution is -2.37. The molecule has 5 rings (SSSR count). The fourth-order valence-electron chi connectivity index (χ4n) is 3.65. The quantitative estimate of drug-likeness (QED) is 0.463. The summed E-state index contributed by atoms with van der Waals surface area (Å²) in [4.78, 5) is 27.8. The third-order valence-electron chi connectivity index (χ3n) is 5.22. The molecular weight excluding hydrogens is 422 g/mol. The number of nitrogens with one attached hydrogen (secondary N) is 1. The second kappa shape index (κ2) is 9.05. The van der Waals surface area contributed by atoms with Crippen LogP contribution in [0.3, 0.4) is 0 Å². The van der Waals surface area contributed by atoms with Crippen molar-refractivity contribution in [3.63, 3.8) is 0 Å². The number of pyridine rings is 1. The largest absolute Gasteiger partial charge is 0.477 e. The summed E-state index contributed by atoms with van der Waals surface area (Å²) in [6.45, 7) is 2.34. The molecule has 4 heterocycles.